The van der Waals surface area contributed by atoms with Gasteiger partial charge in [0.1, 0.15) is 24.4 Å². The SMILES string of the molecule is O=C([O-])[C@H](O)[C@@H](O)[C@H](O)[C@H](O)CO.O=P([O-])(O)OP(=O)(O)O.[Na+].[Na+]. The average Bonchev–Trinajstić information content (AvgIpc) is 2.31. The molecule has 0 bridgehead atoms. The molecule has 14 nitrogen and oxygen atoms in total. The van der Waals surface area contributed by atoms with Gasteiger partial charge in [0.25, 0.3) is 7.82 Å². The van der Waals surface area contributed by atoms with Crippen molar-refractivity contribution >= 4 is 21.6 Å². The first kappa shape index (κ1) is 33.1. The van der Waals surface area contributed by atoms with Crippen LogP contribution in [0, 0.1) is 0 Å². The molecule has 0 rings (SSSR count). The van der Waals surface area contributed by atoms with Crippen molar-refractivity contribution in [3.8, 4) is 0 Å². The van der Waals surface area contributed by atoms with Crippen molar-refractivity contribution in [1.29, 1.82) is 0 Å². The molecule has 0 amide bonds. The summed E-state index contributed by atoms with van der Waals surface area (Å²) < 4.78 is 21.9. The Morgan fingerprint density at radius 1 is 1.00 bits per heavy atom. The molecule has 0 aromatic heterocycles. The summed E-state index contributed by atoms with van der Waals surface area (Å²) in [6.45, 7) is -0.863. The fraction of sp³-hybridized carbons (Fsp3) is 0.833. The summed E-state index contributed by atoms with van der Waals surface area (Å²) in [4.78, 5) is 42.6. The van der Waals surface area contributed by atoms with Gasteiger partial charge in [-0.05, 0) is 0 Å². The summed E-state index contributed by atoms with van der Waals surface area (Å²) in [6.07, 6.45) is -8.08. The number of carboxylic acid groups (broad SMARTS) is 1. The Kier molecular flexibility index (Phi) is 20.1. The Balaban J connectivity index is -0.000000162. The van der Waals surface area contributed by atoms with Crippen LogP contribution in [0.25, 0.3) is 0 Å². The molecule has 18 heteroatoms. The second kappa shape index (κ2) is 14.6. The van der Waals surface area contributed by atoms with Crippen LogP contribution in [0.5, 0.6) is 0 Å². The molecule has 1 unspecified atom stereocenters. The molecule has 0 aliphatic carbocycles. The summed E-state index contributed by atoms with van der Waals surface area (Å²) in [5, 5.41) is 53.4. The van der Waals surface area contributed by atoms with Gasteiger partial charge in [-0.1, -0.05) is 0 Å². The smallest absolute Gasteiger partial charge is 0.756 e. The Labute approximate surface area is 179 Å². The Morgan fingerprint density at radius 3 is 1.54 bits per heavy atom. The fourth-order valence-corrected chi connectivity index (χ4v) is 1.87. The number of phosphoric acid groups is 2. The zero-order valence-electron chi connectivity index (χ0n) is 12.4. The second-order valence-corrected chi connectivity index (χ2v) is 6.11. The van der Waals surface area contributed by atoms with E-state index in [1.807, 2.05) is 0 Å². The molecule has 0 radical (unpaired) electrons. The molecule has 0 heterocycles. The van der Waals surface area contributed by atoms with Gasteiger partial charge in [-0.2, -0.15) is 0 Å². The summed E-state index contributed by atoms with van der Waals surface area (Å²) in [5.74, 6) is -1.98. The van der Waals surface area contributed by atoms with Gasteiger partial charge in [0.15, 0.2) is 0 Å². The normalized spacial score (nSPS) is 18.2. The van der Waals surface area contributed by atoms with Crippen LogP contribution in [0.15, 0.2) is 0 Å². The minimum atomic E-state index is -5.30. The number of rotatable bonds is 7. The molecule has 0 saturated heterocycles. The Bertz CT molecular complexity index is 415. The predicted octanol–water partition coefficient (Wildman–Crippen LogP) is -12.3. The standard InChI is InChI=1S/C6H12O7.2Na.H4O7P2/c7-1-2(8)3(9)4(10)5(11)6(12)13;;;1-8(2,3)7-9(4,5)6/h2-5,7-11H,1H2,(H,12,13);;;(H2,1,2,3)(H2,4,5,6)/q;2*+1;/p-2/t2-,3-,4+,5-;;;/m1.../s1. The zero-order chi connectivity index (χ0) is 18.3. The van der Waals surface area contributed by atoms with Crippen LogP contribution in [0.4, 0.5) is 0 Å². The van der Waals surface area contributed by atoms with Crippen molar-refractivity contribution in [2.24, 2.45) is 0 Å². The number of aliphatic hydroxyl groups excluding tert-OH is 5. The van der Waals surface area contributed by atoms with E-state index < -0.39 is 52.6 Å². The molecule has 8 N–H and O–H groups in total. The number of carbonyl (C=O) groups is 1. The van der Waals surface area contributed by atoms with Crippen LogP contribution in [-0.4, -0.2) is 77.2 Å². The van der Waals surface area contributed by atoms with Crippen molar-refractivity contribution in [2.75, 3.05) is 6.61 Å². The van der Waals surface area contributed by atoms with E-state index in [2.05, 4.69) is 4.31 Å². The molecule has 5 atom stereocenters. The number of carbonyl (C=O) groups excluding carboxylic acids is 1. The van der Waals surface area contributed by atoms with Gasteiger partial charge >= 0.3 is 66.9 Å². The average molecular weight is 418 g/mol. The van der Waals surface area contributed by atoms with Gasteiger partial charge in [-0.15, -0.1) is 0 Å². The number of aliphatic carboxylic acids is 1. The summed E-state index contributed by atoms with van der Waals surface area (Å²) >= 11 is 0. The maximum Gasteiger partial charge on any atom is 1.00 e. The van der Waals surface area contributed by atoms with Crippen LogP contribution >= 0.6 is 15.6 Å². The summed E-state index contributed by atoms with van der Waals surface area (Å²) in [6, 6.07) is 0. The topological polar surface area (TPSA) is 268 Å². The van der Waals surface area contributed by atoms with Gasteiger partial charge in [-0.25, -0.2) is 8.88 Å². The van der Waals surface area contributed by atoms with E-state index in [0.717, 1.165) is 0 Å². The van der Waals surface area contributed by atoms with Crippen molar-refractivity contribution in [3.63, 3.8) is 0 Å². The minimum Gasteiger partial charge on any atom is -0.756 e. The van der Waals surface area contributed by atoms with Crippen LogP contribution < -0.4 is 69.1 Å². The first-order chi connectivity index (χ1) is 9.62. The molecule has 0 aromatic rings. The number of hydrogen-bond donors (Lipinski definition) is 8. The minimum absolute atomic E-state index is 0. The van der Waals surface area contributed by atoms with Crippen molar-refractivity contribution in [1.82, 2.24) is 0 Å². The molecule has 0 saturated carbocycles. The molecule has 0 spiro atoms. The first-order valence-corrected chi connectivity index (χ1v) is 7.99. The molecule has 134 valence electrons. The fourth-order valence-electron chi connectivity index (χ4n) is 0.796. The number of aliphatic hydroxyl groups is 5. The van der Waals surface area contributed by atoms with E-state index in [1.54, 1.807) is 0 Å². The van der Waals surface area contributed by atoms with Crippen molar-refractivity contribution < 1.29 is 128 Å². The van der Waals surface area contributed by atoms with Crippen molar-refractivity contribution in [2.45, 2.75) is 24.4 Å². The maximum absolute atomic E-state index is 9.98. The molecular formula is C6H14Na2O14P2. The predicted molar refractivity (Wildman–Crippen MR) is 59.1 cm³/mol. The van der Waals surface area contributed by atoms with Crippen LogP contribution in [0.3, 0.4) is 0 Å². The zero-order valence-corrected chi connectivity index (χ0v) is 18.2. The molecule has 0 fully saturated rings. The molecule has 0 aliphatic heterocycles. The van der Waals surface area contributed by atoms with Crippen molar-refractivity contribution in [3.05, 3.63) is 0 Å². The third kappa shape index (κ3) is 18.3. The maximum atomic E-state index is 9.98. The quantitative estimate of drug-likeness (QED) is 0.141. The van der Waals surface area contributed by atoms with Crippen LogP contribution in [0.2, 0.25) is 0 Å². The molecule has 0 aliphatic rings. The second-order valence-electron chi connectivity index (χ2n) is 3.54. The van der Waals surface area contributed by atoms with E-state index in [1.165, 1.54) is 0 Å². The number of carboxylic acids is 1. The van der Waals surface area contributed by atoms with Gasteiger partial charge in [0.2, 0.25) is 0 Å². The molecular weight excluding hydrogens is 404 g/mol. The third-order valence-corrected chi connectivity index (χ3v) is 3.38. The summed E-state index contributed by atoms with van der Waals surface area (Å²) in [5.41, 5.74) is 0. The number of hydrogen-bond acceptors (Lipinski definition) is 11. The Morgan fingerprint density at radius 2 is 1.38 bits per heavy atom. The van der Waals surface area contributed by atoms with Gasteiger partial charge in [0, 0.05) is 0 Å². The molecule has 0 aromatic carbocycles. The van der Waals surface area contributed by atoms with Gasteiger partial charge in [0.05, 0.1) is 12.6 Å². The Hall–Kier alpha value is 1.53. The largest absolute Gasteiger partial charge is 1.00 e. The van der Waals surface area contributed by atoms with Crippen LogP contribution in [-0.2, 0) is 18.2 Å². The van der Waals surface area contributed by atoms with E-state index in [4.69, 9.17) is 40.2 Å². The molecule has 24 heavy (non-hydrogen) atoms. The van der Waals surface area contributed by atoms with E-state index in [9.17, 15) is 23.9 Å². The van der Waals surface area contributed by atoms with E-state index in [-0.39, 0.29) is 59.1 Å². The first-order valence-electron chi connectivity index (χ1n) is 4.97. The van der Waals surface area contributed by atoms with Crippen LogP contribution in [0.1, 0.15) is 0 Å². The van der Waals surface area contributed by atoms with Gasteiger partial charge < -0.3 is 55.0 Å². The third-order valence-electron chi connectivity index (χ3n) is 1.71. The van der Waals surface area contributed by atoms with E-state index >= 15 is 0 Å². The summed E-state index contributed by atoms with van der Waals surface area (Å²) in [7, 11) is -10.4. The van der Waals surface area contributed by atoms with E-state index in [0.29, 0.717) is 0 Å². The monoisotopic (exact) mass is 418 g/mol. The van der Waals surface area contributed by atoms with Gasteiger partial charge in [-0.3, -0.25) is 4.57 Å².